The van der Waals surface area contributed by atoms with E-state index in [1.165, 1.54) is 42.5 Å². The molecule has 0 bridgehead atoms. The number of amides is 1. The number of nitriles is 1. The number of nitrogens with one attached hydrogen (secondary N) is 1. The summed E-state index contributed by atoms with van der Waals surface area (Å²) in [6, 6.07) is 8.67. The molecule has 0 fully saturated rings. The molecule has 0 saturated carbocycles. The Kier molecular flexibility index (Phi) is 5.87. The molecule has 1 N–H and O–H groups in total. The maximum Gasteiger partial charge on any atom is 0.344 e. The van der Waals surface area contributed by atoms with E-state index in [4.69, 9.17) is 14.7 Å². The van der Waals surface area contributed by atoms with Gasteiger partial charge < -0.3 is 14.8 Å². The summed E-state index contributed by atoms with van der Waals surface area (Å²) in [5.41, 5.74) is 0.339. The van der Waals surface area contributed by atoms with E-state index in [-0.39, 0.29) is 0 Å². The van der Waals surface area contributed by atoms with Crippen LogP contribution in [-0.4, -0.2) is 24.6 Å². The summed E-state index contributed by atoms with van der Waals surface area (Å²) in [5.74, 6) is -1.40. The van der Waals surface area contributed by atoms with Crippen LogP contribution in [0.4, 0.5) is 9.39 Å². The Morgan fingerprint density at radius 2 is 2.04 bits per heavy atom. The molecule has 1 aromatic carbocycles. The fraction of sp³-hybridized carbons (Fsp3) is 0.188. The lowest BCUT2D eigenvalue weighted by molar-refractivity contribution is -0.155. The first-order chi connectivity index (χ1) is 11.5. The highest BCUT2D eigenvalue weighted by molar-refractivity contribution is 7.14. The van der Waals surface area contributed by atoms with E-state index in [2.05, 4.69) is 5.32 Å². The maximum absolute atomic E-state index is 12.7. The van der Waals surface area contributed by atoms with Crippen molar-refractivity contribution in [2.75, 3.05) is 11.9 Å². The van der Waals surface area contributed by atoms with E-state index >= 15 is 0 Å². The molecule has 0 aliphatic carbocycles. The molecule has 0 saturated heterocycles. The second-order valence-corrected chi connectivity index (χ2v) is 5.56. The lowest BCUT2D eigenvalue weighted by atomic mass is 10.3. The smallest absolute Gasteiger partial charge is 0.344 e. The van der Waals surface area contributed by atoms with Crippen LogP contribution in [0.25, 0.3) is 0 Å². The third-order valence-electron chi connectivity index (χ3n) is 2.87. The second-order valence-electron chi connectivity index (χ2n) is 4.64. The van der Waals surface area contributed by atoms with Crippen LogP contribution in [0.15, 0.2) is 35.7 Å². The van der Waals surface area contributed by atoms with Gasteiger partial charge in [0.25, 0.3) is 5.91 Å². The minimum Gasteiger partial charge on any atom is -0.482 e. The largest absolute Gasteiger partial charge is 0.482 e. The minimum absolute atomic E-state index is 0.308. The van der Waals surface area contributed by atoms with Gasteiger partial charge in [-0.25, -0.2) is 9.18 Å². The van der Waals surface area contributed by atoms with E-state index in [1.54, 1.807) is 11.4 Å². The van der Waals surface area contributed by atoms with Crippen LogP contribution in [0.1, 0.15) is 12.5 Å². The molecule has 2 aromatic rings. The first-order valence-electron chi connectivity index (χ1n) is 6.86. The number of ether oxygens (including phenoxy) is 2. The first-order valence-corrected chi connectivity index (χ1v) is 7.74. The molecule has 6 nitrogen and oxygen atoms in total. The minimum atomic E-state index is -1.05. The Morgan fingerprint density at radius 1 is 1.33 bits per heavy atom. The van der Waals surface area contributed by atoms with Gasteiger partial charge in [0, 0.05) is 0 Å². The van der Waals surface area contributed by atoms with E-state index < -0.39 is 30.4 Å². The van der Waals surface area contributed by atoms with Crippen LogP contribution < -0.4 is 10.1 Å². The highest BCUT2D eigenvalue weighted by atomic mass is 32.1. The van der Waals surface area contributed by atoms with Gasteiger partial charge in [0.05, 0.1) is 5.56 Å². The van der Waals surface area contributed by atoms with Gasteiger partial charge in [-0.15, -0.1) is 11.3 Å². The van der Waals surface area contributed by atoms with Crippen molar-refractivity contribution in [1.82, 2.24) is 0 Å². The molecule has 0 unspecified atom stereocenters. The summed E-state index contributed by atoms with van der Waals surface area (Å²) in [6.07, 6.45) is -1.05. The SMILES string of the molecule is C[C@@H](OC(=O)COc1ccc(F)cc1)C(=O)Nc1sccc1C#N. The number of rotatable bonds is 6. The molecule has 0 aliphatic rings. The van der Waals surface area contributed by atoms with E-state index in [0.29, 0.717) is 16.3 Å². The molecule has 2 rings (SSSR count). The third kappa shape index (κ3) is 4.79. The van der Waals surface area contributed by atoms with Gasteiger partial charge in [-0.3, -0.25) is 4.79 Å². The lowest BCUT2D eigenvalue weighted by Gasteiger charge is -2.13. The number of benzene rings is 1. The van der Waals surface area contributed by atoms with Crippen molar-refractivity contribution >= 4 is 28.2 Å². The number of carbonyl (C=O) groups is 2. The highest BCUT2D eigenvalue weighted by Crippen LogP contribution is 2.22. The summed E-state index contributed by atoms with van der Waals surface area (Å²) >= 11 is 1.20. The topological polar surface area (TPSA) is 88.4 Å². The molecule has 0 radical (unpaired) electrons. The monoisotopic (exact) mass is 348 g/mol. The van der Waals surface area contributed by atoms with Gasteiger partial charge in [0.2, 0.25) is 0 Å². The number of thiophene rings is 1. The highest BCUT2D eigenvalue weighted by Gasteiger charge is 2.19. The Hall–Kier alpha value is -2.92. The van der Waals surface area contributed by atoms with E-state index in [1.807, 2.05) is 6.07 Å². The van der Waals surface area contributed by atoms with Crippen LogP contribution >= 0.6 is 11.3 Å². The molecule has 0 aliphatic heterocycles. The zero-order valence-corrected chi connectivity index (χ0v) is 13.4. The Morgan fingerprint density at radius 3 is 2.71 bits per heavy atom. The normalized spacial score (nSPS) is 11.2. The summed E-state index contributed by atoms with van der Waals surface area (Å²) < 4.78 is 22.8. The number of hydrogen-bond donors (Lipinski definition) is 1. The molecule has 1 amide bonds. The van der Waals surface area contributed by atoms with Crippen molar-refractivity contribution in [2.24, 2.45) is 0 Å². The number of esters is 1. The van der Waals surface area contributed by atoms with Crippen molar-refractivity contribution in [3.63, 3.8) is 0 Å². The molecule has 1 heterocycles. The quantitative estimate of drug-likeness (QED) is 0.811. The second kappa shape index (κ2) is 8.08. The van der Waals surface area contributed by atoms with E-state index in [9.17, 15) is 14.0 Å². The van der Waals surface area contributed by atoms with Gasteiger partial charge in [-0.05, 0) is 42.6 Å². The molecule has 1 atom stereocenters. The van der Waals surface area contributed by atoms with Crippen molar-refractivity contribution in [3.05, 3.63) is 47.1 Å². The number of anilines is 1. The summed E-state index contributed by atoms with van der Waals surface area (Å²) in [4.78, 5) is 23.6. The molecule has 8 heteroatoms. The molecule has 124 valence electrons. The average Bonchev–Trinajstić information content (AvgIpc) is 3.01. The fourth-order valence-electron chi connectivity index (χ4n) is 1.67. The zero-order chi connectivity index (χ0) is 17.5. The van der Waals surface area contributed by atoms with Crippen LogP contribution in [0.2, 0.25) is 0 Å². The van der Waals surface area contributed by atoms with Crippen molar-refractivity contribution in [2.45, 2.75) is 13.0 Å². The fourth-order valence-corrected chi connectivity index (χ4v) is 2.41. The van der Waals surface area contributed by atoms with Gasteiger partial charge >= 0.3 is 5.97 Å². The number of halogens is 1. The molecule has 1 aromatic heterocycles. The van der Waals surface area contributed by atoms with Gasteiger partial charge in [-0.2, -0.15) is 5.26 Å². The average molecular weight is 348 g/mol. The van der Waals surface area contributed by atoms with Crippen molar-refractivity contribution in [3.8, 4) is 11.8 Å². The molecule has 0 spiro atoms. The summed E-state index contributed by atoms with van der Waals surface area (Å²) in [7, 11) is 0. The number of nitrogens with zero attached hydrogens (tertiary/aromatic N) is 1. The standard InChI is InChI=1S/C16H13FN2O4S/c1-10(15(21)19-16-11(8-18)6-7-24-16)23-14(20)9-22-13-4-2-12(17)3-5-13/h2-7,10H,9H2,1H3,(H,19,21)/t10-/m1/s1. The van der Waals surface area contributed by atoms with Gasteiger partial charge in [0.1, 0.15) is 22.6 Å². The van der Waals surface area contributed by atoms with Gasteiger partial charge in [-0.1, -0.05) is 0 Å². The predicted octanol–water partition coefficient (Wildman–Crippen LogP) is 2.71. The Labute approximate surface area is 141 Å². The molecular formula is C16H13FN2O4S. The van der Waals surface area contributed by atoms with E-state index in [0.717, 1.165) is 0 Å². The Balaban J connectivity index is 1.81. The van der Waals surface area contributed by atoms with Crippen LogP contribution in [0.5, 0.6) is 5.75 Å². The van der Waals surface area contributed by atoms with Gasteiger partial charge in [0.15, 0.2) is 12.7 Å². The lowest BCUT2D eigenvalue weighted by Crippen LogP contribution is -2.31. The first kappa shape index (κ1) is 17.4. The zero-order valence-electron chi connectivity index (χ0n) is 12.6. The van der Waals surface area contributed by atoms with Crippen LogP contribution in [-0.2, 0) is 14.3 Å². The Bertz CT molecular complexity index is 767. The molecule has 24 heavy (non-hydrogen) atoms. The molecular weight excluding hydrogens is 335 g/mol. The number of hydrogen-bond acceptors (Lipinski definition) is 6. The van der Waals surface area contributed by atoms with Crippen LogP contribution in [0.3, 0.4) is 0 Å². The third-order valence-corrected chi connectivity index (χ3v) is 3.70. The van der Waals surface area contributed by atoms with Crippen LogP contribution in [0, 0.1) is 17.1 Å². The van der Waals surface area contributed by atoms with Crippen molar-refractivity contribution < 1.29 is 23.5 Å². The van der Waals surface area contributed by atoms with Crippen molar-refractivity contribution in [1.29, 1.82) is 5.26 Å². The summed E-state index contributed by atoms with van der Waals surface area (Å²) in [5, 5.41) is 13.5. The maximum atomic E-state index is 12.7. The predicted molar refractivity (Wildman–Crippen MR) is 85.1 cm³/mol. The summed E-state index contributed by atoms with van der Waals surface area (Å²) in [6.45, 7) is 0.997. The number of carbonyl (C=O) groups excluding carboxylic acids is 2.